The molecule has 0 aromatic rings. The topological polar surface area (TPSA) is 21.3 Å². The highest BCUT2D eigenvalue weighted by Gasteiger charge is 1.89. The van der Waals surface area contributed by atoms with E-state index in [2.05, 4.69) is 19.3 Å². The molecule has 0 aromatic carbocycles. The van der Waals surface area contributed by atoms with Crippen LogP contribution in [-0.4, -0.2) is 13.2 Å². The maximum absolute atomic E-state index is 5.28. The standard InChI is InChI=1S/C11H25NO/c1-3-5-7-9-11-13-12-10-8-6-4-2/h12H,3-11H2,1-2H3. The Morgan fingerprint density at radius 1 is 0.846 bits per heavy atom. The summed E-state index contributed by atoms with van der Waals surface area (Å²) in [5.74, 6) is 0. The summed E-state index contributed by atoms with van der Waals surface area (Å²) in [7, 11) is 0. The van der Waals surface area contributed by atoms with Gasteiger partial charge in [0.1, 0.15) is 0 Å². The Kier molecular flexibility index (Phi) is 11.8. The lowest BCUT2D eigenvalue weighted by Gasteiger charge is -2.04. The Labute approximate surface area is 83.0 Å². The van der Waals surface area contributed by atoms with Gasteiger partial charge < -0.3 is 4.84 Å². The molecule has 0 bridgehead atoms. The summed E-state index contributed by atoms with van der Waals surface area (Å²) in [6.07, 6.45) is 8.92. The van der Waals surface area contributed by atoms with Crippen LogP contribution in [0.3, 0.4) is 0 Å². The van der Waals surface area contributed by atoms with Crippen molar-refractivity contribution in [2.75, 3.05) is 13.2 Å². The second kappa shape index (κ2) is 11.9. The monoisotopic (exact) mass is 187 g/mol. The summed E-state index contributed by atoms with van der Waals surface area (Å²) in [6.45, 7) is 6.31. The molecule has 0 unspecified atom stereocenters. The number of rotatable bonds is 10. The van der Waals surface area contributed by atoms with Crippen molar-refractivity contribution >= 4 is 0 Å². The summed E-state index contributed by atoms with van der Waals surface area (Å²) in [4.78, 5) is 5.28. The molecular formula is C11H25NO. The third-order valence-corrected chi connectivity index (χ3v) is 2.08. The molecule has 2 heteroatoms. The fraction of sp³-hybridized carbons (Fsp3) is 1.00. The van der Waals surface area contributed by atoms with E-state index in [0.717, 1.165) is 13.2 Å². The Hall–Kier alpha value is -0.0800. The van der Waals surface area contributed by atoms with Gasteiger partial charge in [0.2, 0.25) is 0 Å². The van der Waals surface area contributed by atoms with E-state index in [1.165, 1.54) is 44.9 Å². The summed E-state index contributed by atoms with van der Waals surface area (Å²) in [5.41, 5.74) is 3.00. The van der Waals surface area contributed by atoms with Crippen LogP contribution in [0.25, 0.3) is 0 Å². The van der Waals surface area contributed by atoms with Gasteiger partial charge in [-0.1, -0.05) is 46.0 Å². The molecule has 0 rings (SSSR count). The second-order valence-electron chi connectivity index (χ2n) is 3.51. The van der Waals surface area contributed by atoms with Gasteiger partial charge in [0.05, 0.1) is 6.61 Å². The van der Waals surface area contributed by atoms with Crippen molar-refractivity contribution in [1.82, 2.24) is 5.48 Å². The molecule has 0 atom stereocenters. The van der Waals surface area contributed by atoms with Crippen molar-refractivity contribution < 1.29 is 4.84 Å². The predicted octanol–water partition coefficient (Wildman–Crippen LogP) is 3.28. The predicted molar refractivity (Wildman–Crippen MR) is 57.6 cm³/mol. The van der Waals surface area contributed by atoms with Crippen LogP contribution >= 0.6 is 0 Å². The number of hydrogen-bond donors (Lipinski definition) is 1. The molecule has 1 N–H and O–H groups in total. The van der Waals surface area contributed by atoms with Gasteiger partial charge >= 0.3 is 0 Å². The summed E-state index contributed by atoms with van der Waals surface area (Å²) in [5, 5.41) is 0. The highest BCUT2D eigenvalue weighted by molar-refractivity contribution is 4.40. The van der Waals surface area contributed by atoms with Crippen LogP contribution in [-0.2, 0) is 4.84 Å². The molecule has 0 heterocycles. The van der Waals surface area contributed by atoms with E-state index in [4.69, 9.17) is 4.84 Å². The van der Waals surface area contributed by atoms with E-state index in [1.54, 1.807) is 0 Å². The Balaban J connectivity index is 2.76. The van der Waals surface area contributed by atoms with Gasteiger partial charge in [-0.2, -0.15) is 0 Å². The first-order chi connectivity index (χ1) is 6.41. The van der Waals surface area contributed by atoms with E-state index in [-0.39, 0.29) is 0 Å². The summed E-state index contributed by atoms with van der Waals surface area (Å²) >= 11 is 0. The van der Waals surface area contributed by atoms with Crippen molar-refractivity contribution in [2.24, 2.45) is 0 Å². The van der Waals surface area contributed by atoms with E-state index in [0.29, 0.717) is 0 Å². The molecule has 0 aliphatic heterocycles. The van der Waals surface area contributed by atoms with Crippen LogP contribution in [0.4, 0.5) is 0 Å². The van der Waals surface area contributed by atoms with Crippen LogP contribution in [0.5, 0.6) is 0 Å². The first-order valence-electron chi connectivity index (χ1n) is 5.76. The van der Waals surface area contributed by atoms with Crippen LogP contribution in [0, 0.1) is 0 Å². The number of nitrogens with one attached hydrogen (secondary N) is 1. The van der Waals surface area contributed by atoms with Crippen molar-refractivity contribution in [3.63, 3.8) is 0 Å². The third kappa shape index (κ3) is 11.9. The van der Waals surface area contributed by atoms with Crippen LogP contribution in [0.2, 0.25) is 0 Å². The molecule has 0 amide bonds. The lowest BCUT2D eigenvalue weighted by molar-refractivity contribution is 0.0378. The van der Waals surface area contributed by atoms with E-state index in [9.17, 15) is 0 Å². The number of unbranched alkanes of at least 4 members (excludes halogenated alkanes) is 5. The quantitative estimate of drug-likeness (QED) is 0.418. The molecule has 80 valence electrons. The van der Waals surface area contributed by atoms with E-state index >= 15 is 0 Å². The van der Waals surface area contributed by atoms with Crippen LogP contribution < -0.4 is 5.48 Å². The normalized spacial score (nSPS) is 10.6. The van der Waals surface area contributed by atoms with Gasteiger partial charge in [0.15, 0.2) is 0 Å². The summed E-state index contributed by atoms with van der Waals surface area (Å²) in [6, 6.07) is 0. The minimum absolute atomic E-state index is 0.867. The van der Waals surface area contributed by atoms with Crippen molar-refractivity contribution in [2.45, 2.75) is 58.8 Å². The third-order valence-electron chi connectivity index (χ3n) is 2.08. The molecule has 13 heavy (non-hydrogen) atoms. The molecule has 0 saturated heterocycles. The second-order valence-corrected chi connectivity index (χ2v) is 3.51. The van der Waals surface area contributed by atoms with Crippen LogP contribution in [0.15, 0.2) is 0 Å². The van der Waals surface area contributed by atoms with Gasteiger partial charge in [-0.15, -0.1) is 0 Å². The average molecular weight is 187 g/mol. The number of hydrogen-bond acceptors (Lipinski definition) is 2. The SMILES string of the molecule is CCCCCCONCCCCC. The fourth-order valence-corrected chi connectivity index (χ4v) is 1.19. The lowest BCUT2D eigenvalue weighted by Crippen LogP contribution is -2.16. The van der Waals surface area contributed by atoms with Crippen molar-refractivity contribution in [1.29, 1.82) is 0 Å². The fourth-order valence-electron chi connectivity index (χ4n) is 1.19. The van der Waals surface area contributed by atoms with Crippen molar-refractivity contribution in [3.8, 4) is 0 Å². The summed E-state index contributed by atoms with van der Waals surface area (Å²) < 4.78 is 0. The first kappa shape index (κ1) is 12.9. The Bertz CT molecular complexity index is 76.2. The minimum Gasteiger partial charge on any atom is -0.302 e. The zero-order chi connectivity index (χ0) is 9.78. The smallest absolute Gasteiger partial charge is 0.0682 e. The lowest BCUT2D eigenvalue weighted by atomic mass is 10.2. The average Bonchev–Trinajstić information content (AvgIpc) is 2.16. The molecule has 2 nitrogen and oxygen atoms in total. The molecule has 0 fully saturated rings. The molecular weight excluding hydrogens is 162 g/mol. The zero-order valence-electron chi connectivity index (χ0n) is 9.27. The van der Waals surface area contributed by atoms with Gasteiger partial charge in [0.25, 0.3) is 0 Å². The molecule has 0 aliphatic rings. The molecule has 0 radical (unpaired) electrons. The maximum atomic E-state index is 5.28. The first-order valence-corrected chi connectivity index (χ1v) is 5.76. The van der Waals surface area contributed by atoms with Crippen molar-refractivity contribution in [3.05, 3.63) is 0 Å². The molecule has 0 saturated carbocycles. The largest absolute Gasteiger partial charge is 0.302 e. The highest BCUT2D eigenvalue weighted by Crippen LogP contribution is 1.98. The molecule has 0 aliphatic carbocycles. The van der Waals surface area contributed by atoms with E-state index in [1.807, 2.05) is 0 Å². The van der Waals surface area contributed by atoms with E-state index < -0.39 is 0 Å². The number of hydroxylamine groups is 1. The molecule has 0 aromatic heterocycles. The van der Waals surface area contributed by atoms with Gasteiger partial charge in [0, 0.05) is 6.54 Å². The maximum Gasteiger partial charge on any atom is 0.0682 e. The zero-order valence-corrected chi connectivity index (χ0v) is 9.27. The Morgan fingerprint density at radius 3 is 2.23 bits per heavy atom. The van der Waals surface area contributed by atoms with Gasteiger partial charge in [-0.05, 0) is 12.8 Å². The van der Waals surface area contributed by atoms with Gasteiger partial charge in [-0.3, -0.25) is 0 Å². The minimum atomic E-state index is 0.867. The Morgan fingerprint density at radius 2 is 1.54 bits per heavy atom. The highest BCUT2D eigenvalue weighted by atomic mass is 16.6. The van der Waals surface area contributed by atoms with Gasteiger partial charge in [-0.25, -0.2) is 5.48 Å². The molecule has 0 spiro atoms. The van der Waals surface area contributed by atoms with Crippen LogP contribution in [0.1, 0.15) is 58.8 Å².